The fourth-order valence-electron chi connectivity index (χ4n) is 2.53. The number of hydrogen-bond acceptors (Lipinski definition) is 6. The Morgan fingerprint density at radius 1 is 0.929 bits per heavy atom. The number of benzene rings is 2. The van der Waals surface area contributed by atoms with Crippen LogP contribution in [-0.4, -0.2) is 39.1 Å². The number of ether oxygens (including phenoxy) is 4. The molecule has 7 nitrogen and oxygen atoms in total. The fraction of sp³-hybridized carbons (Fsp3) is 0.333. The minimum Gasteiger partial charge on any atom is -0.497 e. The first-order chi connectivity index (χ1) is 13.5. The summed E-state index contributed by atoms with van der Waals surface area (Å²) in [6.45, 7) is 6.69. The molecular weight excluding hydrogens is 360 g/mol. The maximum absolute atomic E-state index is 12.5. The second-order valence-corrected chi connectivity index (χ2v) is 5.76. The summed E-state index contributed by atoms with van der Waals surface area (Å²) in [5, 5.41) is 4.23. The summed E-state index contributed by atoms with van der Waals surface area (Å²) in [6, 6.07) is 10.4. The average molecular weight is 386 g/mol. The highest BCUT2D eigenvalue weighted by atomic mass is 16.5. The first-order valence-corrected chi connectivity index (χ1v) is 9.00. The van der Waals surface area contributed by atoms with Crippen LogP contribution in [0.25, 0.3) is 0 Å². The van der Waals surface area contributed by atoms with Crippen LogP contribution < -0.4 is 24.4 Å². The van der Waals surface area contributed by atoms with Crippen LogP contribution in [0.2, 0.25) is 0 Å². The van der Waals surface area contributed by atoms with Gasteiger partial charge in [-0.2, -0.15) is 5.10 Å². The van der Waals surface area contributed by atoms with Gasteiger partial charge in [-0.05, 0) is 51.1 Å². The summed E-state index contributed by atoms with van der Waals surface area (Å²) in [4.78, 5) is 12.5. The van der Waals surface area contributed by atoms with Gasteiger partial charge in [0.05, 0.1) is 33.1 Å². The van der Waals surface area contributed by atoms with Crippen molar-refractivity contribution in [3.63, 3.8) is 0 Å². The van der Waals surface area contributed by atoms with Crippen molar-refractivity contribution in [2.45, 2.75) is 20.8 Å². The van der Waals surface area contributed by atoms with Crippen molar-refractivity contribution in [3.8, 4) is 23.0 Å². The Labute approximate surface area is 165 Å². The molecule has 0 aromatic heterocycles. The minimum atomic E-state index is -0.379. The summed E-state index contributed by atoms with van der Waals surface area (Å²) >= 11 is 0. The Balaban J connectivity index is 2.26. The molecule has 0 unspecified atom stereocenters. The number of hydrazone groups is 1. The predicted molar refractivity (Wildman–Crippen MR) is 108 cm³/mol. The molecule has 0 bridgehead atoms. The number of nitrogens with one attached hydrogen (secondary N) is 1. The highest BCUT2D eigenvalue weighted by Gasteiger charge is 2.12. The van der Waals surface area contributed by atoms with Crippen molar-refractivity contribution in [1.29, 1.82) is 0 Å². The Morgan fingerprint density at radius 2 is 1.57 bits per heavy atom. The Hall–Kier alpha value is -3.22. The number of nitrogens with zero attached hydrogens (tertiary/aromatic N) is 1. The molecule has 0 aliphatic carbocycles. The zero-order valence-corrected chi connectivity index (χ0v) is 16.9. The van der Waals surface area contributed by atoms with Gasteiger partial charge in [0.25, 0.3) is 5.91 Å². The molecule has 0 radical (unpaired) electrons. The minimum absolute atomic E-state index is 0.376. The van der Waals surface area contributed by atoms with E-state index in [-0.39, 0.29) is 5.91 Å². The van der Waals surface area contributed by atoms with Crippen molar-refractivity contribution in [1.82, 2.24) is 5.43 Å². The molecule has 2 aromatic carbocycles. The first-order valence-electron chi connectivity index (χ1n) is 9.00. The molecule has 1 N–H and O–H groups in total. The number of carbonyl (C=O) groups is 1. The van der Waals surface area contributed by atoms with Gasteiger partial charge in [-0.3, -0.25) is 4.79 Å². The van der Waals surface area contributed by atoms with E-state index in [0.717, 1.165) is 5.56 Å². The van der Waals surface area contributed by atoms with E-state index in [1.165, 1.54) is 14.2 Å². The lowest BCUT2D eigenvalue weighted by Gasteiger charge is -2.12. The van der Waals surface area contributed by atoms with Crippen LogP contribution in [-0.2, 0) is 0 Å². The number of methoxy groups -OCH3 is 2. The van der Waals surface area contributed by atoms with Gasteiger partial charge in [0.2, 0.25) is 0 Å². The maximum atomic E-state index is 12.5. The number of carbonyl (C=O) groups excluding carboxylic acids is 1. The van der Waals surface area contributed by atoms with Crippen LogP contribution >= 0.6 is 0 Å². The van der Waals surface area contributed by atoms with Crippen molar-refractivity contribution in [2.24, 2.45) is 5.10 Å². The molecule has 2 aromatic rings. The third kappa shape index (κ3) is 5.39. The third-order valence-corrected chi connectivity index (χ3v) is 3.89. The monoisotopic (exact) mass is 386 g/mol. The molecule has 0 saturated heterocycles. The zero-order chi connectivity index (χ0) is 20.5. The van der Waals surface area contributed by atoms with Crippen LogP contribution in [0.15, 0.2) is 41.5 Å². The van der Waals surface area contributed by atoms with Crippen molar-refractivity contribution < 1.29 is 23.7 Å². The summed E-state index contributed by atoms with van der Waals surface area (Å²) in [6.07, 6.45) is 0. The predicted octanol–water partition coefficient (Wildman–Crippen LogP) is 3.66. The number of amides is 1. The maximum Gasteiger partial charge on any atom is 0.271 e. The molecule has 2 rings (SSSR count). The van der Waals surface area contributed by atoms with Gasteiger partial charge in [-0.25, -0.2) is 5.43 Å². The summed E-state index contributed by atoms with van der Waals surface area (Å²) in [7, 11) is 3.05. The van der Waals surface area contributed by atoms with Gasteiger partial charge in [0.15, 0.2) is 0 Å². The van der Waals surface area contributed by atoms with E-state index >= 15 is 0 Å². The molecule has 0 atom stereocenters. The Kier molecular flexibility index (Phi) is 7.68. The van der Waals surface area contributed by atoms with E-state index in [1.54, 1.807) is 25.1 Å². The number of rotatable bonds is 9. The quantitative estimate of drug-likeness (QED) is 0.526. The van der Waals surface area contributed by atoms with E-state index in [1.807, 2.05) is 32.0 Å². The first kappa shape index (κ1) is 21.1. The van der Waals surface area contributed by atoms with Gasteiger partial charge in [-0.1, -0.05) is 0 Å². The van der Waals surface area contributed by atoms with Crippen LogP contribution in [0.3, 0.4) is 0 Å². The van der Waals surface area contributed by atoms with Gasteiger partial charge in [0.1, 0.15) is 23.0 Å². The summed E-state index contributed by atoms with van der Waals surface area (Å²) in [5.74, 6) is 2.04. The highest BCUT2D eigenvalue weighted by molar-refractivity contribution is 6.03. The van der Waals surface area contributed by atoms with Gasteiger partial charge in [0, 0.05) is 17.2 Å². The number of hydrogen-bond donors (Lipinski definition) is 1. The molecular formula is C21H26N2O5. The van der Waals surface area contributed by atoms with Crippen molar-refractivity contribution in [3.05, 3.63) is 47.5 Å². The van der Waals surface area contributed by atoms with Gasteiger partial charge < -0.3 is 18.9 Å². The van der Waals surface area contributed by atoms with E-state index in [4.69, 9.17) is 18.9 Å². The second-order valence-electron chi connectivity index (χ2n) is 5.76. The molecule has 7 heteroatoms. The molecule has 0 aliphatic heterocycles. The lowest BCUT2D eigenvalue weighted by atomic mass is 10.1. The molecule has 0 fully saturated rings. The SMILES string of the molecule is CCOc1ccc(OCC)c(/C(C)=N\NC(=O)c2cc(OC)cc(OC)c2)c1. The molecule has 0 heterocycles. The molecule has 150 valence electrons. The lowest BCUT2D eigenvalue weighted by molar-refractivity contribution is 0.0954. The van der Waals surface area contributed by atoms with Crippen molar-refractivity contribution in [2.75, 3.05) is 27.4 Å². The zero-order valence-electron chi connectivity index (χ0n) is 16.9. The second kappa shape index (κ2) is 10.2. The van der Waals surface area contributed by atoms with E-state index in [0.29, 0.717) is 47.5 Å². The molecule has 0 saturated carbocycles. The van der Waals surface area contributed by atoms with E-state index in [9.17, 15) is 4.79 Å². The third-order valence-electron chi connectivity index (χ3n) is 3.89. The topological polar surface area (TPSA) is 78.4 Å². The molecule has 0 aliphatic rings. The van der Waals surface area contributed by atoms with E-state index in [2.05, 4.69) is 10.5 Å². The lowest BCUT2D eigenvalue weighted by Crippen LogP contribution is -2.19. The largest absolute Gasteiger partial charge is 0.497 e. The Bertz CT molecular complexity index is 826. The normalized spacial score (nSPS) is 11.0. The van der Waals surface area contributed by atoms with Crippen LogP contribution in [0.4, 0.5) is 0 Å². The molecule has 0 spiro atoms. The summed E-state index contributed by atoms with van der Waals surface area (Å²) in [5.41, 5.74) is 4.28. The standard InChI is InChI=1S/C21H26N2O5/c1-6-27-16-8-9-20(28-7-2)19(13-16)14(3)22-23-21(24)15-10-17(25-4)12-18(11-15)26-5/h8-13H,6-7H2,1-5H3,(H,23,24)/b22-14-. The fourth-order valence-corrected chi connectivity index (χ4v) is 2.53. The van der Waals surface area contributed by atoms with Gasteiger partial charge in [-0.15, -0.1) is 0 Å². The Morgan fingerprint density at radius 3 is 2.14 bits per heavy atom. The molecule has 1 amide bonds. The van der Waals surface area contributed by atoms with Crippen molar-refractivity contribution >= 4 is 11.6 Å². The summed E-state index contributed by atoms with van der Waals surface area (Å²) < 4.78 is 21.6. The van der Waals surface area contributed by atoms with Crippen LogP contribution in [0.5, 0.6) is 23.0 Å². The van der Waals surface area contributed by atoms with Crippen LogP contribution in [0, 0.1) is 0 Å². The van der Waals surface area contributed by atoms with E-state index < -0.39 is 0 Å². The highest BCUT2D eigenvalue weighted by Crippen LogP contribution is 2.25. The average Bonchev–Trinajstić information content (AvgIpc) is 2.72. The smallest absolute Gasteiger partial charge is 0.271 e. The van der Waals surface area contributed by atoms with Crippen LogP contribution in [0.1, 0.15) is 36.7 Å². The van der Waals surface area contributed by atoms with Gasteiger partial charge >= 0.3 is 0 Å². The molecule has 28 heavy (non-hydrogen) atoms.